The van der Waals surface area contributed by atoms with Crippen LogP contribution in [0.2, 0.25) is 0 Å². The second-order valence-electron chi connectivity index (χ2n) is 17.9. The van der Waals surface area contributed by atoms with E-state index in [-0.39, 0.29) is 0 Å². The molecule has 324 valence electrons. The summed E-state index contributed by atoms with van der Waals surface area (Å²) in [4.78, 5) is 0. The highest BCUT2D eigenvalue weighted by Crippen LogP contribution is 2.45. The minimum Gasteiger partial charge on any atom is -0.355 e. The molecule has 0 atom stereocenters. The van der Waals surface area contributed by atoms with Crippen molar-refractivity contribution in [3.8, 4) is 44.5 Å². The van der Waals surface area contributed by atoms with Crippen molar-refractivity contribution in [3.63, 3.8) is 0 Å². The standard InChI is InChI=1S/C66H45N3/c1-3-16-43(17-4-1)50-39-51(44-18-5-2-6-19-44)41-52(40-50)65-66(69-62-29-14-13-28-61(62)68-65)60-27-15-23-48-42-53(33-34-55(48)60)67-63-37-32-46-21-9-10-24-56(46)64(63)59-36-35-54(57-25-11-12-26-58(57)59)49-31-30-45-20-7-8-22-47(45)38-49/h1-42,67-69H. The van der Waals surface area contributed by atoms with Crippen molar-refractivity contribution in [2.75, 3.05) is 16.0 Å². The third-order valence-corrected chi connectivity index (χ3v) is 13.7. The average Bonchev–Trinajstić information content (AvgIpc) is 3.42. The van der Waals surface area contributed by atoms with E-state index < -0.39 is 0 Å². The van der Waals surface area contributed by atoms with E-state index in [9.17, 15) is 0 Å². The first kappa shape index (κ1) is 40.1. The number of para-hydroxylation sites is 2. The van der Waals surface area contributed by atoms with Crippen LogP contribution in [-0.4, -0.2) is 0 Å². The second-order valence-corrected chi connectivity index (χ2v) is 17.9. The molecule has 0 radical (unpaired) electrons. The molecular formula is C66H45N3. The predicted octanol–water partition coefficient (Wildman–Crippen LogP) is 18.1. The van der Waals surface area contributed by atoms with E-state index in [4.69, 9.17) is 0 Å². The molecule has 13 rings (SSSR count). The Morgan fingerprint density at radius 3 is 1.57 bits per heavy atom. The summed E-state index contributed by atoms with van der Waals surface area (Å²) in [5.74, 6) is 0. The van der Waals surface area contributed by atoms with Crippen LogP contribution in [0.3, 0.4) is 0 Å². The van der Waals surface area contributed by atoms with Crippen molar-refractivity contribution < 1.29 is 0 Å². The number of benzene rings is 12. The van der Waals surface area contributed by atoms with Crippen molar-refractivity contribution in [1.82, 2.24) is 0 Å². The summed E-state index contributed by atoms with van der Waals surface area (Å²) in [5, 5.41) is 21.4. The van der Waals surface area contributed by atoms with Gasteiger partial charge in [0.1, 0.15) is 0 Å². The minimum absolute atomic E-state index is 1.02. The first-order valence-electron chi connectivity index (χ1n) is 23.7. The minimum atomic E-state index is 1.02. The molecule has 0 saturated heterocycles. The molecule has 1 aliphatic rings. The largest absolute Gasteiger partial charge is 0.355 e. The smallest absolute Gasteiger partial charge is 0.0710 e. The van der Waals surface area contributed by atoms with E-state index in [1.54, 1.807) is 0 Å². The van der Waals surface area contributed by atoms with Crippen LogP contribution in [0.15, 0.2) is 255 Å². The van der Waals surface area contributed by atoms with Crippen LogP contribution in [0.4, 0.5) is 22.7 Å². The summed E-state index contributed by atoms with van der Waals surface area (Å²) >= 11 is 0. The molecule has 0 saturated carbocycles. The number of fused-ring (bicyclic) bond motifs is 5. The molecule has 0 aromatic heterocycles. The van der Waals surface area contributed by atoms with Crippen molar-refractivity contribution in [2.45, 2.75) is 0 Å². The van der Waals surface area contributed by atoms with Crippen molar-refractivity contribution in [1.29, 1.82) is 0 Å². The Hall–Kier alpha value is -9.18. The van der Waals surface area contributed by atoms with E-state index in [0.29, 0.717) is 0 Å². The van der Waals surface area contributed by atoms with Gasteiger partial charge in [-0.15, -0.1) is 0 Å². The molecule has 1 heterocycles. The topological polar surface area (TPSA) is 36.1 Å². The summed E-state index contributed by atoms with van der Waals surface area (Å²) in [6.07, 6.45) is 0. The maximum Gasteiger partial charge on any atom is 0.0710 e. The average molecular weight is 880 g/mol. The number of nitrogens with one attached hydrogen (secondary N) is 3. The lowest BCUT2D eigenvalue weighted by Gasteiger charge is -2.28. The molecule has 3 N–H and O–H groups in total. The SMILES string of the molecule is c1ccc(-c2cc(C3=C(c4cccc5cc(Nc6ccc7ccccc7c6-c6ccc(-c7ccc8ccccc8c7)c7ccccc67)ccc45)Nc4ccccc4N3)cc(-c3ccccc3)c2)cc1. The van der Waals surface area contributed by atoms with E-state index in [1.165, 1.54) is 65.7 Å². The first-order chi connectivity index (χ1) is 34.2. The monoisotopic (exact) mass is 879 g/mol. The van der Waals surface area contributed by atoms with Crippen molar-refractivity contribution >= 4 is 77.2 Å². The van der Waals surface area contributed by atoms with Crippen molar-refractivity contribution in [2.24, 2.45) is 0 Å². The molecule has 12 aromatic carbocycles. The Bertz CT molecular complexity index is 3920. The molecule has 3 nitrogen and oxygen atoms in total. The molecule has 3 heteroatoms. The fourth-order valence-corrected chi connectivity index (χ4v) is 10.4. The fourth-order valence-electron chi connectivity index (χ4n) is 10.4. The van der Waals surface area contributed by atoms with Gasteiger partial charge in [0.05, 0.1) is 22.8 Å². The molecule has 1 aliphatic heterocycles. The molecule has 69 heavy (non-hydrogen) atoms. The van der Waals surface area contributed by atoms with Crippen LogP contribution < -0.4 is 16.0 Å². The molecule has 0 unspecified atom stereocenters. The molecule has 12 aromatic rings. The van der Waals surface area contributed by atoms with Crippen LogP contribution in [0.5, 0.6) is 0 Å². The predicted molar refractivity (Wildman–Crippen MR) is 295 cm³/mol. The van der Waals surface area contributed by atoms with E-state index in [2.05, 4.69) is 271 Å². The number of hydrogen-bond acceptors (Lipinski definition) is 3. The van der Waals surface area contributed by atoms with Crippen molar-refractivity contribution in [3.05, 3.63) is 266 Å². The normalized spacial score (nSPS) is 12.2. The lowest BCUT2D eigenvalue weighted by Crippen LogP contribution is -2.15. The summed E-state index contributed by atoms with van der Waals surface area (Å²) in [6.45, 7) is 0. The maximum absolute atomic E-state index is 3.94. The Morgan fingerprint density at radius 1 is 0.261 bits per heavy atom. The maximum atomic E-state index is 3.94. The number of rotatable bonds is 8. The van der Waals surface area contributed by atoms with E-state index >= 15 is 0 Å². The van der Waals surface area contributed by atoms with Gasteiger partial charge in [-0.25, -0.2) is 0 Å². The molecule has 0 spiro atoms. The third-order valence-electron chi connectivity index (χ3n) is 13.7. The summed E-state index contributed by atoms with van der Waals surface area (Å²) in [5.41, 5.74) is 17.9. The van der Waals surface area contributed by atoms with Gasteiger partial charge in [-0.3, -0.25) is 0 Å². The van der Waals surface area contributed by atoms with Crippen LogP contribution in [-0.2, 0) is 0 Å². The molecule has 0 bridgehead atoms. The summed E-state index contributed by atoms with van der Waals surface area (Å²) in [7, 11) is 0. The lowest BCUT2D eigenvalue weighted by molar-refractivity contribution is 1.44. The Morgan fingerprint density at radius 2 is 0.826 bits per heavy atom. The van der Waals surface area contributed by atoms with Gasteiger partial charge in [-0.2, -0.15) is 0 Å². The van der Waals surface area contributed by atoms with Gasteiger partial charge in [0.25, 0.3) is 0 Å². The van der Waals surface area contributed by atoms with E-state index in [1.807, 2.05) is 0 Å². The Balaban J connectivity index is 0.931. The quantitative estimate of drug-likeness (QED) is 0.142. The Kier molecular flexibility index (Phi) is 9.84. The number of anilines is 4. The van der Waals surface area contributed by atoms with E-state index in [0.717, 1.165) is 67.2 Å². The third kappa shape index (κ3) is 7.34. The Labute approximate surface area is 401 Å². The van der Waals surface area contributed by atoms with Gasteiger partial charge in [0, 0.05) is 28.1 Å². The summed E-state index contributed by atoms with van der Waals surface area (Å²) in [6, 6.07) is 92.2. The molecule has 0 fully saturated rings. The fraction of sp³-hybridized carbons (Fsp3) is 0. The zero-order valence-corrected chi connectivity index (χ0v) is 37.7. The van der Waals surface area contributed by atoms with Crippen LogP contribution >= 0.6 is 0 Å². The zero-order valence-electron chi connectivity index (χ0n) is 37.7. The van der Waals surface area contributed by atoms with Crippen LogP contribution in [0, 0.1) is 0 Å². The van der Waals surface area contributed by atoms with Crippen LogP contribution in [0.25, 0.3) is 99.0 Å². The summed E-state index contributed by atoms with van der Waals surface area (Å²) < 4.78 is 0. The van der Waals surface area contributed by atoms with Gasteiger partial charge >= 0.3 is 0 Å². The highest BCUT2D eigenvalue weighted by atomic mass is 15.0. The lowest BCUT2D eigenvalue weighted by atomic mass is 9.88. The highest BCUT2D eigenvalue weighted by molar-refractivity contribution is 6.14. The van der Waals surface area contributed by atoms with Crippen LogP contribution in [0.1, 0.15) is 11.1 Å². The molecule has 0 aliphatic carbocycles. The van der Waals surface area contributed by atoms with Gasteiger partial charge in [0.2, 0.25) is 0 Å². The molecule has 0 amide bonds. The molecular weight excluding hydrogens is 835 g/mol. The van der Waals surface area contributed by atoms with Gasteiger partial charge in [-0.05, 0) is 137 Å². The number of hydrogen-bond donors (Lipinski definition) is 3. The first-order valence-corrected chi connectivity index (χ1v) is 23.7. The van der Waals surface area contributed by atoms with Gasteiger partial charge < -0.3 is 16.0 Å². The van der Waals surface area contributed by atoms with Gasteiger partial charge in [-0.1, -0.05) is 200 Å². The zero-order chi connectivity index (χ0) is 45.7. The van der Waals surface area contributed by atoms with Gasteiger partial charge in [0.15, 0.2) is 0 Å². The second kappa shape index (κ2) is 16.9. The highest BCUT2D eigenvalue weighted by Gasteiger charge is 2.23.